The molecule has 0 atom stereocenters. The highest BCUT2D eigenvalue weighted by Gasteiger charge is 2.38. The minimum Gasteiger partial charge on any atom is -0.466 e. The van der Waals surface area contributed by atoms with Crippen LogP contribution in [0.25, 0.3) is 5.82 Å². The van der Waals surface area contributed by atoms with Gasteiger partial charge in [0, 0.05) is 12.1 Å². The number of tetrazole rings is 1. The molecule has 2 fully saturated rings. The van der Waals surface area contributed by atoms with E-state index in [0.717, 1.165) is 38.5 Å². The molecule has 2 saturated carbocycles. The van der Waals surface area contributed by atoms with Crippen LogP contribution in [-0.4, -0.2) is 54.8 Å². The second-order valence-corrected chi connectivity index (χ2v) is 8.19. The summed E-state index contributed by atoms with van der Waals surface area (Å²) in [5.74, 6) is 1.08. The van der Waals surface area contributed by atoms with Gasteiger partial charge in [-0.2, -0.15) is 9.94 Å². The number of carbonyl (C=O) groups is 1. The predicted molar refractivity (Wildman–Crippen MR) is 108 cm³/mol. The summed E-state index contributed by atoms with van der Waals surface area (Å²) in [6, 6.07) is 6.23. The first-order valence-electron chi connectivity index (χ1n) is 10.4. The van der Waals surface area contributed by atoms with Gasteiger partial charge >= 0.3 is 5.97 Å². The molecule has 158 valence electrons. The average Bonchev–Trinajstić information content (AvgIpc) is 3.50. The lowest BCUT2D eigenvalue weighted by Crippen LogP contribution is -2.41. The molecule has 0 amide bonds. The van der Waals surface area contributed by atoms with Crippen molar-refractivity contribution in [3.8, 4) is 11.9 Å². The molecule has 0 radical (unpaired) electrons. The third kappa shape index (κ3) is 4.45. The van der Waals surface area contributed by atoms with Gasteiger partial charge < -0.3 is 4.74 Å². The van der Waals surface area contributed by atoms with Crippen LogP contribution in [-0.2, 0) is 16.1 Å². The van der Waals surface area contributed by atoms with Gasteiger partial charge in [-0.15, -0.1) is 5.10 Å². The molecule has 4 rings (SSSR count). The van der Waals surface area contributed by atoms with Gasteiger partial charge in [0.2, 0.25) is 0 Å². The number of carbonyl (C=O) groups excluding carboxylic acids is 1. The van der Waals surface area contributed by atoms with Crippen LogP contribution in [0.1, 0.15) is 57.0 Å². The van der Waals surface area contributed by atoms with Crippen molar-refractivity contribution < 1.29 is 9.53 Å². The number of nitrogens with zero attached hydrogens (tertiary/aromatic N) is 7. The van der Waals surface area contributed by atoms with E-state index in [1.54, 1.807) is 16.8 Å². The van der Waals surface area contributed by atoms with Gasteiger partial charge in [-0.05, 0) is 68.0 Å². The van der Waals surface area contributed by atoms with E-state index in [0.29, 0.717) is 41.9 Å². The highest BCUT2D eigenvalue weighted by molar-refractivity contribution is 6.31. The standard InChI is InChI=1S/C20H24ClN7O2/c1-2-30-20(29)13-3-5-14(6-4-13)27(15-7-8-15)12-19-24-25-26-28(19)18-10-9-16(21)17(11-22)23-18/h9-10,13-15H,2-8,12H2,1H3. The first-order chi connectivity index (χ1) is 14.6. The Hall–Kier alpha value is -2.57. The fourth-order valence-corrected chi connectivity index (χ4v) is 4.29. The number of nitriles is 1. The number of hydrogen-bond acceptors (Lipinski definition) is 8. The van der Waals surface area contributed by atoms with Crippen molar-refractivity contribution in [3.63, 3.8) is 0 Å². The number of halogens is 1. The number of pyridine rings is 1. The molecule has 0 saturated heterocycles. The maximum atomic E-state index is 12.0. The lowest BCUT2D eigenvalue weighted by molar-refractivity contribution is -0.149. The van der Waals surface area contributed by atoms with Crippen LogP contribution < -0.4 is 0 Å². The van der Waals surface area contributed by atoms with Crippen molar-refractivity contribution >= 4 is 17.6 Å². The summed E-state index contributed by atoms with van der Waals surface area (Å²) in [4.78, 5) is 18.8. The van der Waals surface area contributed by atoms with Crippen molar-refractivity contribution in [3.05, 3.63) is 28.7 Å². The van der Waals surface area contributed by atoms with Gasteiger partial charge in [-0.1, -0.05) is 11.6 Å². The van der Waals surface area contributed by atoms with Crippen molar-refractivity contribution in [1.82, 2.24) is 30.1 Å². The highest BCUT2D eigenvalue weighted by Crippen LogP contribution is 2.36. The minimum atomic E-state index is -0.0695. The van der Waals surface area contributed by atoms with Crippen LogP contribution in [0.4, 0.5) is 0 Å². The van der Waals surface area contributed by atoms with Crippen LogP contribution in [0.15, 0.2) is 12.1 Å². The maximum Gasteiger partial charge on any atom is 0.308 e. The summed E-state index contributed by atoms with van der Waals surface area (Å²) in [6.07, 6.45) is 5.94. The van der Waals surface area contributed by atoms with E-state index >= 15 is 0 Å². The van der Waals surface area contributed by atoms with Crippen molar-refractivity contribution in [1.29, 1.82) is 5.26 Å². The molecule has 0 aliphatic heterocycles. The molecular weight excluding hydrogens is 406 g/mol. The van der Waals surface area contributed by atoms with Crippen LogP contribution in [0, 0.1) is 17.2 Å². The number of aromatic nitrogens is 5. The molecule has 0 spiro atoms. The summed E-state index contributed by atoms with van der Waals surface area (Å²) < 4.78 is 6.76. The third-order valence-electron chi connectivity index (χ3n) is 5.81. The van der Waals surface area contributed by atoms with Crippen molar-refractivity contribution in [2.24, 2.45) is 5.92 Å². The van der Waals surface area contributed by atoms with Gasteiger partial charge in [0.25, 0.3) is 0 Å². The zero-order valence-corrected chi connectivity index (χ0v) is 17.6. The topological polar surface area (TPSA) is 110 Å². The number of rotatable bonds is 7. The second-order valence-electron chi connectivity index (χ2n) is 7.78. The SMILES string of the molecule is CCOC(=O)C1CCC(N(Cc2nnnn2-c2ccc(Cl)c(C#N)n2)C2CC2)CC1. The number of ether oxygens (including phenoxy) is 1. The van der Waals surface area contributed by atoms with Gasteiger partial charge in [-0.25, -0.2) is 4.98 Å². The predicted octanol–water partition coefficient (Wildman–Crippen LogP) is 2.67. The van der Waals surface area contributed by atoms with E-state index in [-0.39, 0.29) is 17.6 Å². The fraction of sp³-hybridized carbons (Fsp3) is 0.600. The number of hydrogen-bond donors (Lipinski definition) is 0. The van der Waals surface area contributed by atoms with E-state index in [9.17, 15) is 10.1 Å². The van der Waals surface area contributed by atoms with E-state index < -0.39 is 0 Å². The van der Waals surface area contributed by atoms with E-state index in [4.69, 9.17) is 16.3 Å². The Labute approximate surface area is 180 Å². The highest BCUT2D eigenvalue weighted by atomic mass is 35.5. The van der Waals surface area contributed by atoms with Crippen LogP contribution in [0.3, 0.4) is 0 Å². The van der Waals surface area contributed by atoms with E-state index in [1.165, 1.54) is 0 Å². The number of esters is 1. The molecular formula is C20H24ClN7O2. The molecule has 0 aromatic carbocycles. The molecule has 2 heterocycles. The van der Waals surface area contributed by atoms with E-state index in [1.807, 2.05) is 13.0 Å². The smallest absolute Gasteiger partial charge is 0.308 e. The molecule has 2 aliphatic carbocycles. The summed E-state index contributed by atoms with van der Waals surface area (Å²) in [6.45, 7) is 2.87. The normalized spacial score (nSPS) is 21.4. The van der Waals surface area contributed by atoms with Crippen LogP contribution in [0.2, 0.25) is 5.02 Å². The van der Waals surface area contributed by atoms with E-state index in [2.05, 4.69) is 25.4 Å². The Kier molecular flexibility index (Phi) is 6.25. The van der Waals surface area contributed by atoms with Crippen LogP contribution in [0.5, 0.6) is 0 Å². The van der Waals surface area contributed by atoms with Crippen molar-refractivity contribution in [2.45, 2.75) is 64.1 Å². The van der Waals surface area contributed by atoms with Gasteiger partial charge in [0.05, 0.1) is 24.1 Å². The monoisotopic (exact) mass is 429 g/mol. The summed E-state index contributed by atoms with van der Waals surface area (Å²) in [7, 11) is 0. The van der Waals surface area contributed by atoms with Crippen molar-refractivity contribution in [2.75, 3.05) is 6.61 Å². The molecule has 10 heteroatoms. The quantitative estimate of drug-likeness (QED) is 0.618. The molecule has 0 N–H and O–H groups in total. The lowest BCUT2D eigenvalue weighted by Gasteiger charge is -2.36. The maximum absolute atomic E-state index is 12.0. The minimum absolute atomic E-state index is 0.00948. The molecule has 30 heavy (non-hydrogen) atoms. The Morgan fingerprint density at radius 1 is 1.27 bits per heavy atom. The second kappa shape index (κ2) is 9.06. The Morgan fingerprint density at radius 2 is 1.97 bits per heavy atom. The fourth-order valence-electron chi connectivity index (χ4n) is 4.14. The summed E-state index contributed by atoms with van der Waals surface area (Å²) in [5.41, 5.74) is 0.145. The average molecular weight is 430 g/mol. The molecule has 0 bridgehead atoms. The zero-order chi connectivity index (χ0) is 21.1. The summed E-state index contributed by atoms with van der Waals surface area (Å²) in [5, 5.41) is 21.6. The molecule has 0 unspecified atom stereocenters. The Balaban J connectivity index is 1.48. The first-order valence-corrected chi connectivity index (χ1v) is 10.7. The van der Waals surface area contributed by atoms with Crippen LogP contribution >= 0.6 is 11.6 Å². The summed E-state index contributed by atoms with van der Waals surface area (Å²) >= 11 is 6.00. The Bertz CT molecular complexity index is 945. The third-order valence-corrected chi connectivity index (χ3v) is 6.12. The van der Waals surface area contributed by atoms with Gasteiger partial charge in [-0.3, -0.25) is 9.69 Å². The lowest BCUT2D eigenvalue weighted by atomic mass is 9.85. The molecule has 9 nitrogen and oxygen atoms in total. The zero-order valence-electron chi connectivity index (χ0n) is 16.9. The first kappa shape index (κ1) is 20.7. The largest absolute Gasteiger partial charge is 0.466 e. The molecule has 2 aromatic heterocycles. The molecule has 2 aliphatic rings. The van der Waals surface area contributed by atoms with Gasteiger partial charge in [0.1, 0.15) is 6.07 Å². The van der Waals surface area contributed by atoms with Gasteiger partial charge in [0.15, 0.2) is 17.3 Å². The Morgan fingerprint density at radius 3 is 2.60 bits per heavy atom. The molecule has 2 aromatic rings.